The minimum absolute atomic E-state index is 0. The lowest BCUT2D eigenvalue weighted by atomic mass is 10.2. The minimum Gasteiger partial charge on any atom is -0.394 e. The number of hydrogen-bond donors (Lipinski definition) is 9. The summed E-state index contributed by atoms with van der Waals surface area (Å²) in [4.78, 5) is 64.0. The van der Waals surface area contributed by atoms with Crippen molar-refractivity contribution in [1.82, 2.24) is 30.8 Å². The van der Waals surface area contributed by atoms with E-state index in [4.69, 9.17) is 43.5 Å². The molecule has 0 saturated heterocycles. The van der Waals surface area contributed by atoms with Gasteiger partial charge < -0.3 is 91.4 Å². The predicted octanol–water partition coefficient (Wildman–Crippen LogP) is 9.73. The topological polar surface area (TPSA) is 410 Å². The number of benzene rings is 2. The van der Waals surface area contributed by atoms with Gasteiger partial charge in [0.2, 0.25) is 0 Å². The fraction of sp³-hybridized carbons (Fsp3) is 0.556. The van der Waals surface area contributed by atoms with E-state index in [0.29, 0.717) is 0 Å². The van der Waals surface area contributed by atoms with Crippen LogP contribution in [0.15, 0.2) is 60.7 Å². The molecule has 2 aromatic carbocycles. The summed E-state index contributed by atoms with van der Waals surface area (Å²) in [6, 6.07) is 20.9. The van der Waals surface area contributed by atoms with Crippen LogP contribution in [-0.4, -0.2) is 86.7 Å². The van der Waals surface area contributed by atoms with E-state index in [1.165, 1.54) is 38.7 Å². The van der Waals surface area contributed by atoms with Crippen molar-refractivity contribution in [2.45, 2.75) is 136 Å². The normalized spacial score (nSPS) is 5.39. The van der Waals surface area contributed by atoms with Crippen molar-refractivity contribution in [1.29, 1.82) is 0 Å². The molecule has 0 radical (unpaired) electrons. The van der Waals surface area contributed by atoms with E-state index < -0.39 is 0 Å². The Labute approximate surface area is 385 Å². The molecule has 0 spiro atoms. The van der Waals surface area contributed by atoms with Gasteiger partial charge in [0.1, 0.15) is 54.3 Å². The first-order valence-corrected chi connectivity index (χ1v) is 18.4. The first kappa shape index (κ1) is 146. The minimum atomic E-state index is -0.167. The van der Waals surface area contributed by atoms with Crippen molar-refractivity contribution in [2.24, 2.45) is 29.0 Å². The zero-order valence-corrected chi connectivity index (χ0v) is 44.3. The van der Waals surface area contributed by atoms with Gasteiger partial charge in [0.25, 0.3) is 0 Å². The van der Waals surface area contributed by atoms with Gasteiger partial charge in [-0.15, -0.1) is 0 Å². The fourth-order valence-electron chi connectivity index (χ4n) is 1.43. The quantitative estimate of drug-likeness (QED) is 0.138. The monoisotopic (exact) mass is 911 g/mol. The number of aliphatic hydroxyl groups excluding tert-OH is 1. The summed E-state index contributed by atoms with van der Waals surface area (Å²) in [7, 11) is 4.50. The van der Waals surface area contributed by atoms with Crippen molar-refractivity contribution in [3.05, 3.63) is 71.8 Å². The maximum atomic E-state index is 8.06. The van der Waals surface area contributed by atoms with Crippen molar-refractivity contribution in [2.75, 3.05) is 21.1 Å². The highest BCUT2D eigenvalue weighted by Crippen LogP contribution is 1.97. The van der Waals surface area contributed by atoms with E-state index >= 15 is 0 Å². The molecule has 17 nitrogen and oxygen atoms in total. The predicted molar refractivity (Wildman–Crippen MR) is 281 cm³/mol. The Kier molecular flexibility index (Phi) is 742. The van der Waals surface area contributed by atoms with Crippen LogP contribution in [0.5, 0.6) is 0 Å². The first-order valence-electron chi connectivity index (χ1n) is 18.4. The molecule has 0 heterocycles. The molecule has 0 aliphatic rings. The van der Waals surface area contributed by atoms with Crippen LogP contribution in [0.1, 0.15) is 128 Å². The maximum absolute atomic E-state index is 8.06. The van der Waals surface area contributed by atoms with Gasteiger partial charge in [-0.1, -0.05) is 164 Å². The standard InChI is InChI=1S/2C8H10.C5H12.C4H10.C3H8O.3C2H6.3CH5N.8CH2O.5H3N/c2*1-2-8-6-4-3-5-7-8;1-4-5(2)3;1-4(2)3;1-3(2)4;14*1-2;;;;;/h2*3-7H,2H2,1H3;5H,4H2,1-3H3;4H,1-3H3;3-4H,1-2H3;3*1-2H3;3*2H2,1H3;8*1H2;5*1H3. The van der Waals surface area contributed by atoms with Crippen LogP contribution in [0.25, 0.3) is 0 Å². The molecular weight excluding hydrogens is 797 g/mol. The summed E-state index contributed by atoms with van der Waals surface area (Å²) in [6.45, 7) is 48.9. The number of rotatable bonds is 3. The van der Waals surface area contributed by atoms with Gasteiger partial charge >= 0.3 is 0 Å². The molecule has 2 aromatic rings. The molecule has 0 amide bonds. The molecule has 0 fully saturated rings. The lowest BCUT2D eigenvalue weighted by molar-refractivity contribution is -0.0987. The molecule has 0 aliphatic heterocycles. The van der Waals surface area contributed by atoms with Crippen LogP contribution < -0.4 is 48.0 Å². The van der Waals surface area contributed by atoms with Crippen LogP contribution in [0.2, 0.25) is 0 Å². The average molecular weight is 911 g/mol. The zero-order valence-electron chi connectivity index (χ0n) is 44.3. The molecule has 0 atom stereocenters. The van der Waals surface area contributed by atoms with Crippen molar-refractivity contribution in [3.63, 3.8) is 0 Å². The van der Waals surface area contributed by atoms with Gasteiger partial charge in [-0.25, -0.2) is 0 Å². The third-order valence-electron chi connectivity index (χ3n) is 3.32. The third-order valence-corrected chi connectivity index (χ3v) is 3.32. The molecule has 388 valence electrons. The van der Waals surface area contributed by atoms with E-state index in [9.17, 15) is 0 Å². The SMILES string of the molecule is C=O.C=O.C=O.C=O.C=O.C=O.C=O.C=O.CC.CC.CC.CC(C)C.CC(C)O.CCC(C)C.CCc1ccccc1.CCc1ccccc1.CN.CN.CN.N.N.N.N.N. The Morgan fingerprint density at radius 2 is 0.484 bits per heavy atom. The van der Waals surface area contributed by atoms with Crippen LogP contribution in [0.3, 0.4) is 0 Å². The Morgan fingerprint density at radius 1 is 0.387 bits per heavy atom. The molecule has 0 aromatic heterocycles. The van der Waals surface area contributed by atoms with E-state index in [2.05, 4.69) is 121 Å². The molecule has 0 saturated carbocycles. The zero-order chi connectivity index (χ0) is 51.1. The number of carbonyl (C=O) groups excluding carboxylic acids is 8. The Morgan fingerprint density at radius 3 is 0.532 bits per heavy atom. The van der Waals surface area contributed by atoms with E-state index in [1.807, 2.05) is 108 Å². The molecule has 0 bridgehead atoms. The highest BCUT2D eigenvalue weighted by molar-refractivity contribution is 5.15. The first-order chi connectivity index (χ1) is 27.6. The second-order valence-electron chi connectivity index (χ2n) is 8.31. The summed E-state index contributed by atoms with van der Waals surface area (Å²) in [5, 5.41) is 8.06. The van der Waals surface area contributed by atoms with Crippen LogP contribution >= 0.6 is 0 Å². The van der Waals surface area contributed by atoms with Crippen molar-refractivity contribution >= 4 is 54.3 Å². The molecule has 17 heteroatoms. The summed E-state index contributed by atoms with van der Waals surface area (Å²) < 4.78 is 0. The van der Waals surface area contributed by atoms with Gasteiger partial charge in [0, 0.05) is 6.10 Å². The third kappa shape index (κ3) is 540. The molecule has 0 aliphatic carbocycles. The van der Waals surface area contributed by atoms with Gasteiger partial charge in [-0.05, 0) is 70.8 Å². The van der Waals surface area contributed by atoms with Gasteiger partial charge in [0.15, 0.2) is 0 Å². The average Bonchev–Trinajstić information content (AvgIpc) is 3.33. The fourth-order valence-corrected chi connectivity index (χ4v) is 1.43. The highest BCUT2D eigenvalue weighted by Gasteiger charge is 1.81. The Bertz CT molecular complexity index is 603. The number of aliphatic hydroxyl groups is 1. The number of nitrogens with two attached hydrogens (primary N) is 3. The number of aryl methyl sites for hydroxylation is 2. The molecular formula is C45H114N8O9. The molecule has 0 unspecified atom stereocenters. The number of carbonyl (C=O) groups is 8. The van der Waals surface area contributed by atoms with Crippen molar-refractivity contribution in [3.8, 4) is 0 Å². The lowest BCUT2D eigenvalue weighted by Gasteiger charge is -1.90. The number of hydrogen-bond acceptors (Lipinski definition) is 17. The van der Waals surface area contributed by atoms with Crippen LogP contribution in [0, 0.1) is 11.8 Å². The highest BCUT2D eigenvalue weighted by atomic mass is 16.3. The lowest BCUT2D eigenvalue weighted by Crippen LogP contribution is -1.85. The van der Waals surface area contributed by atoms with Gasteiger partial charge in [0.05, 0.1) is 0 Å². The second-order valence-corrected chi connectivity index (χ2v) is 8.31. The van der Waals surface area contributed by atoms with E-state index in [-0.39, 0.29) is 36.9 Å². The van der Waals surface area contributed by atoms with Gasteiger partial charge in [-0.2, -0.15) is 0 Å². The summed E-state index contributed by atoms with van der Waals surface area (Å²) >= 11 is 0. The molecule has 22 N–H and O–H groups in total. The van der Waals surface area contributed by atoms with Crippen LogP contribution in [0.4, 0.5) is 0 Å². The molecule has 2 rings (SSSR count). The summed E-state index contributed by atoms with van der Waals surface area (Å²) in [5.74, 6) is 1.72. The van der Waals surface area contributed by atoms with Crippen LogP contribution in [-0.2, 0) is 51.2 Å². The Hall–Kier alpha value is -4.56. The largest absolute Gasteiger partial charge is 0.394 e. The Balaban J connectivity index is -0.0000000141. The van der Waals surface area contributed by atoms with Crippen molar-refractivity contribution < 1.29 is 43.5 Å². The van der Waals surface area contributed by atoms with Gasteiger partial charge in [-0.3, -0.25) is 0 Å². The summed E-state index contributed by atoms with van der Waals surface area (Å²) in [5.41, 5.74) is 16.3. The maximum Gasteiger partial charge on any atom is 0.106 e. The van der Waals surface area contributed by atoms with E-state index in [0.717, 1.165) is 24.7 Å². The second kappa shape index (κ2) is 316. The molecule has 62 heavy (non-hydrogen) atoms. The summed E-state index contributed by atoms with van der Waals surface area (Å²) in [6.07, 6.45) is 3.42. The smallest absolute Gasteiger partial charge is 0.106 e. The van der Waals surface area contributed by atoms with E-state index in [1.54, 1.807) is 13.8 Å².